The van der Waals surface area contributed by atoms with Crippen LogP contribution in [0.1, 0.15) is 13.3 Å². The monoisotopic (exact) mass is 114 g/mol. The SMILES string of the molecule is CC/C(N)=N/N=NC. The highest BCUT2D eigenvalue weighted by Gasteiger charge is 1.79. The van der Waals surface area contributed by atoms with Crippen molar-refractivity contribution in [3.63, 3.8) is 0 Å². The van der Waals surface area contributed by atoms with Crippen molar-refractivity contribution >= 4 is 5.84 Å². The van der Waals surface area contributed by atoms with Crippen molar-refractivity contribution < 1.29 is 0 Å². The lowest BCUT2D eigenvalue weighted by Gasteiger charge is -1.84. The molecule has 2 N–H and O–H groups in total. The number of hydrogen-bond acceptors (Lipinski definition) is 2. The maximum absolute atomic E-state index is 5.26. The van der Waals surface area contributed by atoms with Crippen molar-refractivity contribution in [3.05, 3.63) is 0 Å². The van der Waals surface area contributed by atoms with Gasteiger partial charge in [-0.05, 0) is 5.22 Å². The highest BCUT2D eigenvalue weighted by atomic mass is 15.4. The standard InChI is InChI=1S/C4H10N4/c1-3-4(5)7-8-6-2/h3H2,1-2H3,(H2,5,6,7). The molecule has 0 aromatic rings. The molecule has 0 aliphatic heterocycles. The van der Waals surface area contributed by atoms with Crippen molar-refractivity contribution in [2.24, 2.45) is 21.2 Å². The largest absolute Gasteiger partial charge is 0.386 e. The van der Waals surface area contributed by atoms with Gasteiger partial charge in [0.05, 0.1) is 7.05 Å². The second-order valence-corrected chi connectivity index (χ2v) is 1.23. The first-order chi connectivity index (χ1) is 3.81. The van der Waals surface area contributed by atoms with E-state index in [0.717, 1.165) is 6.42 Å². The Kier molecular flexibility index (Phi) is 3.74. The van der Waals surface area contributed by atoms with Gasteiger partial charge in [0.2, 0.25) is 0 Å². The average Bonchev–Trinajstić information content (AvgIpc) is 1.83. The molecule has 0 rings (SSSR count). The van der Waals surface area contributed by atoms with E-state index in [-0.39, 0.29) is 0 Å². The average molecular weight is 114 g/mol. The predicted molar refractivity (Wildman–Crippen MR) is 32.7 cm³/mol. The van der Waals surface area contributed by atoms with Gasteiger partial charge in [0.25, 0.3) is 0 Å². The molecule has 0 saturated heterocycles. The van der Waals surface area contributed by atoms with E-state index in [1.54, 1.807) is 7.05 Å². The fourth-order valence-corrected chi connectivity index (χ4v) is 0.173. The molecule has 0 heterocycles. The number of nitrogens with zero attached hydrogens (tertiary/aromatic N) is 3. The van der Waals surface area contributed by atoms with Crippen LogP contribution in [0.5, 0.6) is 0 Å². The molecule has 4 heteroatoms. The lowest BCUT2D eigenvalue weighted by atomic mass is 10.5. The molecule has 8 heavy (non-hydrogen) atoms. The lowest BCUT2D eigenvalue weighted by molar-refractivity contribution is 1.00. The molecule has 0 saturated carbocycles. The molecule has 0 aliphatic carbocycles. The summed E-state index contributed by atoms with van der Waals surface area (Å²) >= 11 is 0. The van der Waals surface area contributed by atoms with Crippen molar-refractivity contribution in [3.8, 4) is 0 Å². The summed E-state index contributed by atoms with van der Waals surface area (Å²) in [5, 5.41) is 10.2. The van der Waals surface area contributed by atoms with Crippen LogP contribution in [0.25, 0.3) is 0 Å². The van der Waals surface area contributed by atoms with Crippen LogP contribution in [0.2, 0.25) is 0 Å². The maximum Gasteiger partial charge on any atom is 0.123 e. The van der Waals surface area contributed by atoms with Crippen LogP contribution in [-0.2, 0) is 0 Å². The first-order valence-corrected chi connectivity index (χ1v) is 2.42. The number of hydrogen-bond donors (Lipinski definition) is 1. The second kappa shape index (κ2) is 4.23. The van der Waals surface area contributed by atoms with Gasteiger partial charge in [-0.3, -0.25) is 0 Å². The third-order valence-corrected chi connectivity index (χ3v) is 0.625. The van der Waals surface area contributed by atoms with E-state index in [0.29, 0.717) is 5.84 Å². The van der Waals surface area contributed by atoms with Crippen LogP contribution in [0.4, 0.5) is 0 Å². The fourth-order valence-electron chi connectivity index (χ4n) is 0.173. The highest BCUT2D eigenvalue weighted by molar-refractivity contribution is 5.79. The van der Waals surface area contributed by atoms with Gasteiger partial charge >= 0.3 is 0 Å². The van der Waals surface area contributed by atoms with Crippen LogP contribution in [0.15, 0.2) is 15.4 Å². The Balaban J connectivity index is 3.57. The summed E-state index contributed by atoms with van der Waals surface area (Å²) in [5.41, 5.74) is 5.26. The maximum atomic E-state index is 5.26. The van der Waals surface area contributed by atoms with Crippen molar-refractivity contribution in [1.29, 1.82) is 0 Å². The van der Waals surface area contributed by atoms with E-state index in [1.807, 2.05) is 6.92 Å². The number of amidine groups is 1. The molecule has 46 valence electrons. The predicted octanol–water partition coefficient (Wildman–Crippen LogP) is 0.751. The van der Waals surface area contributed by atoms with Crippen LogP contribution < -0.4 is 5.73 Å². The zero-order valence-electron chi connectivity index (χ0n) is 5.13. The van der Waals surface area contributed by atoms with Crippen LogP contribution >= 0.6 is 0 Å². The Morgan fingerprint density at radius 1 is 1.62 bits per heavy atom. The second-order valence-electron chi connectivity index (χ2n) is 1.23. The molecule has 4 nitrogen and oxygen atoms in total. The zero-order chi connectivity index (χ0) is 6.41. The van der Waals surface area contributed by atoms with E-state index in [2.05, 4.69) is 15.4 Å². The Labute approximate surface area is 48.5 Å². The Bertz CT molecular complexity index is 105. The molecule has 0 aliphatic rings. The normalized spacial score (nSPS) is 13.0. The van der Waals surface area contributed by atoms with Gasteiger partial charge in [-0.15, -0.1) is 5.10 Å². The van der Waals surface area contributed by atoms with Gasteiger partial charge in [0, 0.05) is 6.42 Å². The van der Waals surface area contributed by atoms with Gasteiger partial charge in [0.15, 0.2) is 0 Å². The fraction of sp³-hybridized carbons (Fsp3) is 0.750. The van der Waals surface area contributed by atoms with Crippen LogP contribution in [-0.4, -0.2) is 12.9 Å². The van der Waals surface area contributed by atoms with E-state index < -0.39 is 0 Å². The number of rotatable bonds is 2. The topological polar surface area (TPSA) is 63.1 Å². The molecule has 0 fully saturated rings. The third kappa shape index (κ3) is 3.27. The highest BCUT2D eigenvalue weighted by Crippen LogP contribution is 1.78. The molecule has 0 unspecified atom stereocenters. The summed E-state index contributed by atoms with van der Waals surface area (Å²) in [4.78, 5) is 0. The van der Waals surface area contributed by atoms with E-state index >= 15 is 0 Å². The van der Waals surface area contributed by atoms with E-state index in [1.165, 1.54) is 0 Å². The summed E-state index contributed by atoms with van der Waals surface area (Å²) in [6.45, 7) is 1.91. The number of nitrogens with two attached hydrogens (primary N) is 1. The summed E-state index contributed by atoms with van der Waals surface area (Å²) in [6, 6.07) is 0. The Hall–Kier alpha value is -0.930. The minimum Gasteiger partial charge on any atom is -0.386 e. The summed E-state index contributed by atoms with van der Waals surface area (Å²) < 4.78 is 0. The molecular weight excluding hydrogens is 104 g/mol. The molecular formula is C4H10N4. The van der Waals surface area contributed by atoms with E-state index in [4.69, 9.17) is 5.73 Å². The molecule has 0 radical (unpaired) electrons. The first-order valence-electron chi connectivity index (χ1n) is 2.42. The summed E-state index contributed by atoms with van der Waals surface area (Å²) in [7, 11) is 1.55. The first kappa shape index (κ1) is 7.07. The minimum absolute atomic E-state index is 0.510. The van der Waals surface area contributed by atoms with Gasteiger partial charge in [-0.25, -0.2) is 0 Å². The van der Waals surface area contributed by atoms with Crippen LogP contribution in [0.3, 0.4) is 0 Å². The van der Waals surface area contributed by atoms with Crippen molar-refractivity contribution in [2.45, 2.75) is 13.3 Å². The van der Waals surface area contributed by atoms with E-state index in [9.17, 15) is 0 Å². The lowest BCUT2D eigenvalue weighted by Crippen LogP contribution is -2.07. The van der Waals surface area contributed by atoms with Gasteiger partial charge in [0.1, 0.15) is 5.84 Å². The summed E-state index contributed by atoms with van der Waals surface area (Å²) in [5.74, 6) is 0.510. The Morgan fingerprint density at radius 2 is 2.25 bits per heavy atom. The van der Waals surface area contributed by atoms with Crippen molar-refractivity contribution in [1.82, 2.24) is 0 Å². The molecule has 0 bridgehead atoms. The minimum atomic E-state index is 0.510. The molecule has 0 atom stereocenters. The molecule has 0 aromatic carbocycles. The zero-order valence-corrected chi connectivity index (χ0v) is 5.13. The van der Waals surface area contributed by atoms with Gasteiger partial charge < -0.3 is 5.73 Å². The molecule has 0 aromatic heterocycles. The molecule has 0 spiro atoms. The van der Waals surface area contributed by atoms with Gasteiger partial charge in [-0.2, -0.15) is 5.11 Å². The Morgan fingerprint density at radius 3 is 2.62 bits per heavy atom. The summed E-state index contributed by atoms with van der Waals surface area (Å²) in [6.07, 6.45) is 0.721. The quantitative estimate of drug-likeness (QED) is 0.245. The van der Waals surface area contributed by atoms with Crippen LogP contribution in [0, 0.1) is 0 Å². The van der Waals surface area contributed by atoms with Crippen molar-refractivity contribution in [2.75, 3.05) is 7.05 Å². The molecule has 0 amide bonds. The van der Waals surface area contributed by atoms with Gasteiger partial charge in [-0.1, -0.05) is 6.92 Å². The smallest absolute Gasteiger partial charge is 0.123 e. The third-order valence-electron chi connectivity index (χ3n) is 0.625.